The molecule has 0 bridgehead atoms. The number of rotatable bonds is 8. The van der Waals surface area contributed by atoms with E-state index in [1.54, 1.807) is 0 Å². The summed E-state index contributed by atoms with van der Waals surface area (Å²) in [7, 11) is -1.79. The first-order valence-corrected chi connectivity index (χ1v) is 14.7. The number of benzene rings is 1. The molecule has 0 spiro atoms. The van der Waals surface area contributed by atoms with Crippen molar-refractivity contribution in [1.29, 1.82) is 0 Å². The molecule has 0 aliphatic heterocycles. The zero-order valence-electron chi connectivity index (χ0n) is 19.9. The number of aliphatic hydroxyl groups is 1. The second kappa shape index (κ2) is 9.54. The molecule has 0 radical (unpaired) electrons. The van der Waals surface area contributed by atoms with Gasteiger partial charge in [-0.25, -0.2) is 0 Å². The van der Waals surface area contributed by atoms with Crippen LogP contribution >= 0.6 is 0 Å². The van der Waals surface area contributed by atoms with Crippen molar-refractivity contribution in [3.8, 4) is 0 Å². The Hall–Kier alpha value is -1.16. The van der Waals surface area contributed by atoms with Crippen LogP contribution in [0.1, 0.15) is 57.6 Å². The van der Waals surface area contributed by atoms with Gasteiger partial charge < -0.3 is 9.53 Å². The molecule has 2 nitrogen and oxygen atoms in total. The van der Waals surface area contributed by atoms with E-state index in [2.05, 4.69) is 83.3 Å². The van der Waals surface area contributed by atoms with Crippen LogP contribution in [0.2, 0.25) is 18.1 Å². The van der Waals surface area contributed by atoms with Gasteiger partial charge in [-0.15, -0.1) is 0 Å². The van der Waals surface area contributed by atoms with E-state index in [9.17, 15) is 5.11 Å². The Kier molecular flexibility index (Phi) is 7.47. The Balaban J connectivity index is 1.70. The summed E-state index contributed by atoms with van der Waals surface area (Å²) < 4.78 is 6.95. The molecule has 2 aliphatic rings. The first kappa shape index (κ1) is 23.5. The lowest BCUT2D eigenvalue weighted by Gasteiger charge is -2.40. The zero-order chi connectivity index (χ0) is 21.9. The van der Waals surface area contributed by atoms with E-state index in [1.165, 1.54) is 16.7 Å². The van der Waals surface area contributed by atoms with Gasteiger partial charge in [-0.3, -0.25) is 0 Å². The molecule has 0 unspecified atom stereocenters. The van der Waals surface area contributed by atoms with Crippen LogP contribution in [0.15, 0.2) is 48.1 Å². The minimum atomic E-state index is -1.79. The Labute approximate surface area is 185 Å². The molecule has 1 N–H and O–H groups in total. The fourth-order valence-corrected chi connectivity index (χ4v) is 6.33. The van der Waals surface area contributed by atoms with Crippen LogP contribution in [0.5, 0.6) is 0 Å². The normalized spacial score (nSPS) is 27.0. The molecule has 4 atom stereocenters. The maximum atomic E-state index is 9.38. The Morgan fingerprint density at radius 3 is 2.63 bits per heavy atom. The van der Waals surface area contributed by atoms with Gasteiger partial charge in [0.15, 0.2) is 8.32 Å². The quantitative estimate of drug-likeness (QED) is 0.364. The molecule has 1 fully saturated rings. The molecule has 30 heavy (non-hydrogen) atoms. The van der Waals surface area contributed by atoms with Gasteiger partial charge in [0.1, 0.15) is 0 Å². The number of allylic oxidation sites excluding steroid dienone is 2. The third-order valence-corrected chi connectivity index (χ3v) is 12.2. The minimum Gasteiger partial charge on any atom is -0.413 e. The van der Waals surface area contributed by atoms with Crippen molar-refractivity contribution in [1.82, 2.24) is 0 Å². The molecule has 1 saturated carbocycles. The summed E-state index contributed by atoms with van der Waals surface area (Å²) >= 11 is 0. The van der Waals surface area contributed by atoms with Crippen molar-refractivity contribution in [2.24, 2.45) is 17.8 Å². The lowest BCUT2D eigenvalue weighted by atomic mass is 9.89. The summed E-state index contributed by atoms with van der Waals surface area (Å²) in [6.45, 7) is 14.2. The molecule has 1 aromatic rings. The van der Waals surface area contributed by atoms with Gasteiger partial charge in [0.2, 0.25) is 0 Å². The van der Waals surface area contributed by atoms with Gasteiger partial charge >= 0.3 is 0 Å². The molecular weight excluding hydrogens is 384 g/mol. The highest BCUT2D eigenvalue weighted by Crippen LogP contribution is 2.51. The standard InChI is InChI=1S/C27H42O2Si/c1-20-10-9-12-21(16-20)11-7-8-13-24-25-18-22(14-15-28)17-23(25)19-26(24)29-30(5,6)27(2,3)4/h8-10,12-13,16-17,23-26,28H,7,11,14-15,18-19H2,1-6H3/b13-8+/t23-,24+,25-,26+/m0/s1. The highest BCUT2D eigenvalue weighted by Gasteiger charge is 2.48. The number of aryl methyl sites for hydroxylation is 2. The fourth-order valence-electron chi connectivity index (χ4n) is 4.96. The van der Waals surface area contributed by atoms with Crippen LogP contribution in [0.4, 0.5) is 0 Å². The van der Waals surface area contributed by atoms with E-state index < -0.39 is 8.32 Å². The molecule has 166 valence electrons. The van der Waals surface area contributed by atoms with Crippen molar-refractivity contribution in [2.45, 2.75) is 84.0 Å². The first-order chi connectivity index (χ1) is 14.1. The highest BCUT2D eigenvalue weighted by molar-refractivity contribution is 6.74. The summed E-state index contributed by atoms with van der Waals surface area (Å²) in [6, 6.07) is 8.85. The van der Waals surface area contributed by atoms with Gasteiger partial charge in [0.05, 0.1) is 6.10 Å². The van der Waals surface area contributed by atoms with Crippen molar-refractivity contribution in [3.63, 3.8) is 0 Å². The van der Waals surface area contributed by atoms with Gasteiger partial charge in [-0.1, -0.05) is 74.4 Å². The number of hydrogen-bond acceptors (Lipinski definition) is 2. The van der Waals surface area contributed by atoms with E-state index in [1.807, 2.05) is 0 Å². The lowest BCUT2D eigenvalue weighted by molar-refractivity contribution is 0.148. The number of fused-ring (bicyclic) bond motifs is 1. The fraction of sp³-hybridized carbons (Fsp3) is 0.630. The molecule has 3 heteroatoms. The maximum Gasteiger partial charge on any atom is 0.192 e. The van der Waals surface area contributed by atoms with E-state index in [-0.39, 0.29) is 11.6 Å². The Morgan fingerprint density at radius 1 is 1.20 bits per heavy atom. The predicted molar refractivity (Wildman–Crippen MR) is 130 cm³/mol. The second-order valence-electron chi connectivity index (χ2n) is 11.0. The topological polar surface area (TPSA) is 29.5 Å². The zero-order valence-corrected chi connectivity index (χ0v) is 20.9. The van der Waals surface area contributed by atoms with Crippen molar-refractivity contribution < 1.29 is 9.53 Å². The van der Waals surface area contributed by atoms with Gasteiger partial charge in [0, 0.05) is 12.5 Å². The minimum absolute atomic E-state index is 0.238. The average Bonchev–Trinajstić information content (AvgIpc) is 3.15. The maximum absolute atomic E-state index is 9.38. The second-order valence-corrected chi connectivity index (χ2v) is 15.8. The molecule has 3 rings (SSSR count). The van der Waals surface area contributed by atoms with Crippen LogP contribution in [0.3, 0.4) is 0 Å². The van der Waals surface area contributed by atoms with E-state index in [0.717, 1.165) is 32.1 Å². The lowest BCUT2D eigenvalue weighted by Crippen LogP contribution is -2.45. The Morgan fingerprint density at radius 2 is 1.97 bits per heavy atom. The summed E-state index contributed by atoms with van der Waals surface area (Å²) in [4.78, 5) is 0. The van der Waals surface area contributed by atoms with Crippen molar-refractivity contribution in [2.75, 3.05) is 6.61 Å². The van der Waals surface area contributed by atoms with Crippen LogP contribution in [-0.4, -0.2) is 26.1 Å². The highest BCUT2D eigenvalue weighted by atomic mass is 28.4. The average molecular weight is 427 g/mol. The van der Waals surface area contributed by atoms with Crippen molar-refractivity contribution in [3.05, 3.63) is 59.2 Å². The summed E-state index contributed by atoms with van der Waals surface area (Å²) in [5.41, 5.74) is 4.22. The monoisotopic (exact) mass is 426 g/mol. The van der Waals surface area contributed by atoms with E-state index in [0.29, 0.717) is 23.9 Å². The predicted octanol–water partition coefficient (Wildman–Crippen LogP) is 6.84. The summed E-state index contributed by atoms with van der Waals surface area (Å²) in [6.07, 6.45) is 13.0. The molecule has 0 heterocycles. The van der Waals surface area contributed by atoms with E-state index >= 15 is 0 Å². The smallest absolute Gasteiger partial charge is 0.192 e. The van der Waals surface area contributed by atoms with Crippen LogP contribution in [-0.2, 0) is 10.8 Å². The van der Waals surface area contributed by atoms with Crippen molar-refractivity contribution >= 4 is 8.32 Å². The molecule has 0 aromatic heterocycles. The SMILES string of the molecule is Cc1cccc(CC/C=C/[C@@H]2[C@H]3CC(CCO)=C[C@H]3C[C@H]2O[Si](C)(C)C(C)(C)C)c1. The van der Waals surface area contributed by atoms with Gasteiger partial charge in [-0.05, 0) is 74.6 Å². The van der Waals surface area contributed by atoms with Crippen LogP contribution in [0, 0.1) is 24.7 Å². The van der Waals surface area contributed by atoms with Crippen LogP contribution in [0.25, 0.3) is 0 Å². The molecule has 0 amide bonds. The van der Waals surface area contributed by atoms with Gasteiger partial charge in [-0.2, -0.15) is 0 Å². The Bertz CT molecular complexity index is 771. The summed E-state index contributed by atoms with van der Waals surface area (Å²) in [5, 5.41) is 9.62. The first-order valence-electron chi connectivity index (χ1n) is 11.8. The molecule has 0 saturated heterocycles. The summed E-state index contributed by atoms with van der Waals surface area (Å²) in [5.74, 6) is 1.76. The van der Waals surface area contributed by atoms with E-state index in [4.69, 9.17) is 4.43 Å². The molecule has 1 aromatic carbocycles. The number of aliphatic hydroxyl groups excluding tert-OH is 1. The molecule has 2 aliphatic carbocycles. The third kappa shape index (κ3) is 5.55. The molecular formula is C27H42O2Si. The van der Waals surface area contributed by atoms with Crippen LogP contribution < -0.4 is 0 Å². The number of hydrogen-bond donors (Lipinski definition) is 1. The third-order valence-electron chi connectivity index (χ3n) is 7.65. The van der Waals surface area contributed by atoms with Gasteiger partial charge in [0.25, 0.3) is 0 Å². The largest absolute Gasteiger partial charge is 0.413 e.